The van der Waals surface area contributed by atoms with Gasteiger partial charge in [-0.3, -0.25) is 4.79 Å². The number of nitrogens with two attached hydrogens (primary N) is 1. The molecule has 148 valence electrons. The molecule has 0 spiro atoms. The summed E-state index contributed by atoms with van der Waals surface area (Å²) in [6, 6.07) is 15.1. The van der Waals surface area contributed by atoms with Gasteiger partial charge in [0, 0.05) is 28.4 Å². The lowest BCUT2D eigenvalue weighted by molar-refractivity contribution is -0.113. The zero-order chi connectivity index (χ0) is 20.2. The van der Waals surface area contributed by atoms with E-state index in [0.29, 0.717) is 10.9 Å². The minimum Gasteiger partial charge on any atom is -0.497 e. The van der Waals surface area contributed by atoms with Gasteiger partial charge in [0.25, 0.3) is 0 Å². The highest BCUT2D eigenvalue weighted by Crippen LogP contribution is 2.29. The fraction of sp³-hybridized carbons (Fsp3) is 0.150. The van der Waals surface area contributed by atoms with Crippen LogP contribution in [0.25, 0.3) is 10.9 Å². The topological polar surface area (TPSA) is 117 Å². The summed E-state index contributed by atoms with van der Waals surface area (Å²) in [5, 5.41) is 7.36. The molecule has 1 unspecified atom stereocenters. The van der Waals surface area contributed by atoms with Crippen LogP contribution in [0, 0.1) is 0 Å². The van der Waals surface area contributed by atoms with Gasteiger partial charge in [0.05, 0.1) is 12.9 Å². The second-order valence-electron chi connectivity index (χ2n) is 6.30. The smallest absolute Gasteiger partial charge is 0.234 e. The molecule has 2 heterocycles. The van der Waals surface area contributed by atoms with Crippen LogP contribution in [-0.4, -0.2) is 34.9 Å². The molecule has 1 aliphatic heterocycles. The van der Waals surface area contributed by atoms with Crippen LogP contribution in [0.2, 0.25) is 0 Å². The summed E-state index contributed by atoms with van der Waals surface area (Å²) in [7, 11) is 1.60. The van der Waals surface area contributed by atoms with E-state index in [1.165, 1.54) is 11.8 Å². The Morgan fingerprint density at radius 2 is 2.00 bits per heavy atom. The number of hydrogen-bond donors (Lipinski definition) is 4. The zero-order valence-electron chi connectivity index (χ0n) is 15.7. The molecule has 1 aromatic heterocycles. The Balaban J connectivity index is 1.42. The van der Waals surface area contributed by atoms with Crippen LogP contribution in [0.15, 0.2) is 64.7 Å². The molecule has 3 aromatic rings. The SMILES string of the molecule is COc1ccc(NC(=O)CSC2=NC(c3c[nH]c4ccccc34)N=C(N)N2)cc1. The average molecular weight is 408 g/mol. The average Bonchev–Trinajstić information content (AvgIpc) is 3.17. The third-order valence-corrected chi connectivity index (χ3v) is 5.24. The van der Waals surface area contributed by atoms with Crippen molar-refractivity contribution in [1.82, 2.24) is 10.3 Å². The normalized spacial score (nSPS) is 16.0. The van der Waals surface area contributed by atoms with Gasteiger partial charge >= 0.3 is 0 Å². The van der Waals surface area contributed by atoms with Gasteiger partial charge in [0.1, 0.15) is 5.75 Å². The Bertz CT molecular complexity index is 1090. The van der Waals surface area contributed by atoms with Crippen LogP contribution in [0.3, 0.4) is 0 Å². The van der Waals surface area contributed by atoms with Crippen LogP contribution in [0.5, 0.6) is 5.75 Å². The first-order chi connectivity index (χ1) is 14.1. The van der Waals surface area contributed by atoms with Crippen molar-refractivity contribution in [2.75, 3.05) is 18.2 Å². The number of aliphatic imine (C=N–C) groups is 2. The van der Waals surface area contributed by atoms with Crippen molar-refractivity contribution in [2.45, 2.75) is 6.17 Å². The van der Waals surface area contributed by atoms with Gasteiger partial charge in [-0.1, -0.05) is 30.0 Å². The summed E-state index contributed by atoms with van der Waals surface area (Å²) < 4.78 is 5.11. The van der Waals surface area contributed by atoms with Crippen LogP contribution in [0.4, 0.5) is 5.69 Å². The third kappa shape index (κ3) is 4.35. The Labute approximate surface area is 171 Å². The lowest BCUT2D eigenvalue weighted by Gasteiger charge is -2.18. The number of carbonyl (C=O) groups excluding carboxylic acids is 1. The number of amides is 1. The highest BCUT2D eigenvalue weighted by molar-refractivity contribution is 8.14. The maximum absolute atomic E-state index is 12.3. The highest BCUT2D eigenvalue weighted by atomic mass is 32.2. The number of carbonyl (C=O) groups is 1. The van der Waals surface area contributed by atoms with Crippen LogP contribution in [0.1, 0.15) is 11.7 Å². The Morgan fingerprint density at radius 1 is 1.21 bits per heavy atom. The molecule has 4 rings (SSSR count). The number of nitrogens with zero attached hydrogens (tertiary/aromatic N) is 2. The van der Waals surface area contributed by atoms with Gasteiger partial charge in [-0.2, -0.15) is 0 Å². The number of amidine groups is 1. The Hall–Kier alpha value is -3.46. The fourth-order valence-corrected chi connectivity index (χ4v) is 3.66. The van der Waals surface area contributed by atoms with Gasteiger partial charge in [0.15, 0.2) is 17.3 Å². The van der Waals surface area contributed by atoms with E-state index in [4.69, 9.17) is 10.5 Å². The zero-order valence-corrected chi connectivity index (χ0v) is 16.5. The molecule has 8 nitrogen and oxygen atoms in total. The van der Waals surface area contributed by atoms with Gasteiger partial charge in [-0.25, -0.2) is 9.98 Å². The molecule has 0 aliphatic carbocycles. The second kappa shape index (κ2) is 8.27. The molecule has 1 amide bonds. The lowest BCUT2D eigenvalue weighted by Crippen LogP contribution is -2.39. The first-order valence-corrected chi connectivity index (χ1v) is 9.92. The molecule has 1 aliphatic rings. The van der Waals surface area contributed by atoms with E-state index in [-0.39, 0.29) is 17.6 Å². The first kappa shape index (κ1) is 18.9. The van der Waals surface area contributed by atoms with Crippen LogP contribution < -0.4 is 21.1 Å². The van der Waals surface area contributed by atoms with Crippen molar-refractivity contribution < 1.29 is 9.53 Å². The Kier molecular flexibility index (Phi) is 5.39. The largest absolute Gasteiger partial charge is 0.497 e. The summed E-state index contributed by atoms with van der Waals surface area (Å²) in [6.45, 7) is 0. The lowest BCUT2D eigenvalue weighted by atomic mass is 10.1. The number of benzene rings is 2. The van der Waals surface area contributed by atoms with Crippen molar-refractivity contribution >= 4 is 45.4 Å². The molecule has 1 atom stereocenters. The monoisotopic (exact) mass is 408 g/mol. The van der Waals surface area contributed by atoms with Gasteiger partial charge < -0.3 is 26.1 Å². The van der Waals surface area contributed by atoms with E-state index in [0.717, 1.165) is 22.2 Å². The van der Waals surface area contributed by atoms with E-state index in [2.05, 4.69) is 25.6 Å². The number of H-pyrrole nitrogens is 1. The molecule has 29 heavy (non-hydrogen) atoms. The van der Waals surface area contributed by atoms with Crippen LogP contribution >= 0.6 is 11.8 Å². The maximum atomic E-state index is 12.3. The summed E-state index contributed by atoms with van der Waals surface area (Å²) >= 11 is 1.27. The quantitative estimate of drug-likeness (QED) is 0.518. The number of hydrogen-bond acceptors (Lipinski definition) is 7. The highest BCUT2D eigenvalue weighted by Gasteiger charge is 2.20. The molecule has 2 aromatic carbocycles. The number of aromatic amines is 1. The van der Waals surface area contributed by atoms with E-state index in [1.807, 2.05) is 30.5 Å². The van der Waals surface area contributed by atoms with Gasteiger partial charge in [-0.05, 0) is 30.3 Å². The number of nitrogens with one attached hydrogen (secondary N) is 3. The third-order valence-electron chi connectivity index (χ3n) is 4.35. The fourth-order valence-electron chi connectivity index (χ4n) is 2.97. The number of guanidine groups is 1. The number of fused-ring (bicyclic) bond motifs is 1. The predicted molar refractivity (Wildman–Crippen MR) is 117 cm³/mol. The minimum absolute atomic E-state index is 0.144. The van der Waals surface area contributed by atoms with Crippen molar-refractivity contribution in [3.05, 3.63) is 60.3 Å². The standard InChI is InChI=1S/C20H20N6O2S/c1-28-13-8-6-12(7-9-13)23-17(27)11-29-20-25-18(24-19(21)26-20)15-10-22-16-5-3-2-4-14(15)16/h2-10,18,22H,11H2,1H3,(H,23,27)(H3,21,24,25,26). The van der Waals surface area contributed by atoms with Gasteiger partial charge in [0.2, 0.25) is 5.91 Å². The van der Waals surface area contributed by atoms with Crippen molar-refractivity contribution in [1.29, 1.82) is 0 Å². The maximum Gasteiger partial charge on any atom is 0.234 e. The van der Waals surface area contributed by atoms with E-state index in [1.54, 1.807) is 31.4 Å². The number of rotatable bonds is 5. The summed E-state index contributed by atoms with van der Waals surface area (Å²) in [5.41, 5.74) is 8.59. The predicted octanol–water partition coefficient (Wildman–Crippen LogP) is 2.82. The molecule has 0 bridgehead atoms. The molecule has 0 saturated heterocycles. The molecule has 0 fully saturated rings. The van der Waals surface area contributed by atoms with E-state index < -0.39 is 6.17 Å². The van der Waals surface area contributed by atoms with E-state index in [9.17, 15) is 4.79 Å². The number of para-hydroxylation sites is 1. The minimum atomic E-state index is -0.459. The number of methoxy groups -OCH3 is 1. The summed E-state index contributed by atoms with van der Waals surface area (Å²) in [6.07, 6.45) is 1.43. The summed E-state index contributed by atoms with van der Waals surface area (Å²) in [5.74, 6) is 1.05. The molecule has 0 radical (unpaired) electrons. The van der Waals surface area contributed by atoms with Crippen molar-refractivity contribution in [3.8, 4) is 5.75 Å². The molecule has 9 heteroatoms. The number of thioether (sulfide) groups is 1. The van der Waals surface area contributed by atoms with Crippen molar-refractivity contribution in [3.63, 3.8) is 0 Å². The molecule has 0 saturated carbocycles. The molecular weight excluding hydrogens is 388 g/mol. The Morgan fingerprint density at radius 3 is 2.79 bits per heavy atom. The first-order valence-electron chi connectivity index (χ1n) is 8.93. The van der Waals surface area contributed by atoms with Crippen molar-refractivity contribution in [2.24, 2.45) is 15.7 Å². The summed E-state index contributed by atoms with van der Waals surface area (Å²) in [4.78, 5) is 24.5. The van der Waals surface area contributed by atoms with E-state index >= 15 is 0 Å². The van der Waals surface area contributed by atoms with Gasteiger partial charge in [-0.15, -0.1) is 0 Å². The number of aromatic nitrogens is 1. The second-order valence-corrected chi connectivity index (χ2v) is 7.27. The molecule has 5 N–H and O–H groups in total. The molecular formula is C20H20N6O2S. The number of ether oxygens (including phenoxy) is 1. The number of anilines is 1. The van der Waals surface area contributed by atoms with Crippen LogP contribution in [-0.2, 0) is 4.79 Å².